The highest BCUT2D eigenvalue weighted by Crippen LogP contribution is 2.30. The van der Waals surface area contributed by atoms with E-state index in [4.69, 9.17) is 23.2 Å². The molecular formula is C29H39Cl2N3O4S. The SMILES string of the molecule is CCC(C(=O)NC1CCCCC1)N(Cc1ccc(Cl)cc1Cl)C(=O)CN(c1ccccc1C(C)C)S(C)(=O)=O. The highest BCUT2D eigenvalue weighted by Gasteiger charge is 2.33. The van der Waals surface area contributed by atoms with E-state index < -0.39 is 28.5 Å². The van der Waals surface area contributed by atoms with Crippen molar-refractivity contribution in [3.05, 3.63) is 63.6 Å². The third-order valence-electron chi connectivity index (χ3n) is 7.20. The van der Waals surface area contributed by atoms with Crippen LogP contribution in [0.4, 0.5) is 5.69 Å². The molecule has 1 saturated carbocycles. The molecule has 1 unspecified atom stereocenters. The number of nitrogens with zero attached hydrogens (tertiary/aromatic N) is 2. The standard InChI is InChI=1S/C29H39Cl2N3O4S/c1-5-26(29(36)32-23-11-7-6-8-12-23)33(18-21-15-16-22(30)17-25(21)31)28(35)19-34(39(4,37)38)27-14-10-9-13-24(27)20(2)3/h9-10,13-17,20,23,26H,5-8,11-12,18-19H2,1-4H3,(H,32,36). The summed E-state index contributed by atoms with van der Waals surface area (Å²) in [7, 11) is -3.82. The minimum Gasteiger partial charge on any atom is -0.352 e. The molecule has 1 N–H and O–H groups in total. The van der Waals surface area contributed by atoms with Gasteiger partial charge in [0.1, 0.15) is 12.6 Å². The normalized spacial score (nSPS) is 15.2. The Morgan fingerprint density at radius 3 is 2.31 bits per heavy atom. The second kappa shape index (κ2) is 13.9. The van der Waals surface area contributed by atoms with Crippen LogP contribution in [0.25, 0.3) is 0 Å². The summed E-state index contributed by atoms with van der Waals surface area (Å²) in [5, 5.41) is 3.96. The van der Waals surface area contributed by atoms with Crippen LogP contribution in [-0.4, -0.2) is 50.0 Å². The molecule has 1 aliphatic rings. The van der Waals surface area contributed by atoms with Gasteiger partial charge < -0.3 is 10.2 Å². The maximum atomic E-state index is 14.0. The van der Waals surface area contributed by atoms with Gasteiger partial charge in [-0.3, -0.25) is 13.9 Å². The molecule has 10 heteroatoms. The number of hydrogen-bond acceptors (Lipinski definition) is 4. The molecule has 0 aromatic heterocycles. The van der Waals surface area contributed by atoms with Crippen LogP contribution >= 0.6 is 23.2 Å². The Balaban J connectivity index is 1.98. The Bertz CT molecular complexity index is 1260. The Labute approximate surface area is 242 Å². The van der Waals surface area contributed by atoms with Crippen molar-refractivity contribution >= 4 is 50.7 Å². The molecule has 1 aliphatic carbocycles. The topological polar surface area (TPSA) is 86.8 Å². The summed E-state index contributed by atoms with van der Waals surface area (Å²) in [5.41, 5.74) is 1.88. The molecule has 0 spiro atoms. The number of carbonyl (C=O) groups is 2. The van der Waals surface area contributed by atoms with Crippen LogP contribution in [0.1, 0.15) is 76.3 Å². The molecule has 0 heterocycles. The minimum absolute atomic E-state index is 0.0363. The molecular weight excluding hydrogens is 557 g/mol. The van der Waals surface area contributed by atoms with Gasteiger partial charge in [-0.25, -0.2) is 8.42 Å². The highest BCUT2D eigenvalue weighted by atomic mass is 35.5. The van der Waals surface area contributed by atoms with Crippen molar-refractivity contribution in [2.24, 2.45) is 0 Å². The van der Waals surface area contributed by atoms with Gasteiger partial charge in [0, 0.05) is 22.6 Å². The smallest absolute Gasteiger partial charge is 0.244 e. The van der Waals surface area contributed by atoms with Gasteiger partial charge in [-0.1, -0.05) is 87.5 Å². The van der Waals surface area contributed by atoms with Gasteiger partial charge in [0.05, 0.1) is 11.9 Å². The molecule has 39 heavy (non-hydrogen) atoms. The first kappa shape index (κ1) is 31.2. The van der Waals surface area contributed by atoms with Crippen LogP contribution in [0.5, 0.6) is 0 Å². The van der Waals surface area contributed by atoms with Crippen molar-refractivity contribution in [2.45, 2.75) is 83.8 Å². The molecule has 0 saturated heterocycles. The van der Waals surface area contributed by atoms with E-state index in [1.54, 1.807) is 30.3 Å². The minimum atomic E-state index is -3.82. The van der Waals surface area contributed by atoms with E-state index >= 15 is 0 Å². The predicted molar refractivity (Wildman–Crippen MR) is 159 cm³/mol. The zero-order chi connectivity index (χ0) is 28.7. The lowest BCUT2D eigenvalue weighted by Gasteiger charge is -2.35. The van der Waals surface area contributed by atoms with E-state index in [2.05, 4.69) is 5.32 Å². The molecule has 1 fully saturated rings. The fourth-order valence-electron chi connectivity index (χ4n) is 5.09. The van der Waals surface area contributed by atoms with Gasteiger partial charge in [-0.05, 0) is 54.5 Å². The molecule has 2 amide bonds. The molecule has 2 aromatic carbocycles. The maximum Gasteiger partial charge on any atom is 0.244 e. The van der Waals surface area contributed by atoms with E-state index in [0.29, 0.717) is 27.7 Å². The Morgan fingerprint density at radius 2 is 1.72 bits per heavy atom. The first-order valence-electron chi connectivity index (χ1n) is 13.5. The van der Waals surface area contributed by atoms with Gasteiger partial charge in [0.2, 0.25) is 21.8 Å². The summed E-state index contributed by atoms with van der Waals surface area (Å²) in [6.45, 7) is 5.38. The van der Waals surface area contributed by atoms with Gasteiger partial charge in [-0.2, -0.15) is 0 Å². The summed E-state index contributed by atoms with van der Waals surface area (Å²) in [4.78, 5) is 29.0. The predicted octanol–water partition coefficient (Wildman–Crippen LogP) is 6.14. The van der Waals surface area contributed by atoms with E-state index in [1.807, 2.05) is 32.9 Å². The summed E-state index contributed by atoms with van der Waals surface area (Å²) in [5.74, 6) is -0.693. The van der Waals surface area contributed by atoms with Crippen LogP contribution in [0.2, 0.25) is 10.0 Å². The second-order valence-corrected chi connectivity index (χ2v) is 13.3. The molecule has 0 bridgehead atoms. The number of nitrogens with one attached hydrogen (secondary N) is 1. The number of para-hydroxylation sites is 1. The molecule has 0 aliphatic heterocycles. The number of rotatable bonds is 11. The zero-order valence-corrected chi connectivity index (χ0v) is 25.5. The van der Waals surface area contributed by atoms with Crippen molar-refractivity contribution in [3.8, 4) is 0 Å². The molecule has 7 nitrogen and oxygen atoms in total. The Hall–Kier alpha value is -2.29. The maximum absolute atomic E-state index is 14.0. The number of carbonyl (C=O) groups excluding carboxylic acids is 2. The van der Waals surface area contributed by atoms with Gasteiger partial charge >= 0.3 is 0 Å². The Morgan fingerprint density at radius 1 is 1.05 bits per heavy atom. The van der Waals surface area contributed by atoms with Crippen molar-refractivity contribution in [3.63, 3.8) is 0 Å². The van der Waals surface area contributed by atoms with Crippen LogP contribution in [0.3, 0.4) is 0 Å². The summed E-state index contributed by atoms with van der Waals surface area (Å²) >= 11 is 12.6. The lowest BCUT2D eigenvalue weighted by molar-refractivity contribution is -0.140. The van der Waals surface area contributed by atoms with Crippen LogP contribution < -0.4 is 9.62 Å². The Kier molecular flexibility index (Phi) is 11.1. The monoisotopic (exact) mass is 595 g/mol. The van der Waals surface area contributed by atoms with Crippen molar-refractivity contribution in [1.29, 1.82) is 0 Å². The third-order valence-corrected chi connectivity index (χ3v) is 8.91. The molecule has 214 valence electrons. The number of benzene rings is 2. The quantitative estimate of drug-likeness (QED) is 0.338. The molecule has 3 rings (SSSR count). The highest BCUT2D eigenvalue weighted by molar-refractivity contribution is 7.92. The van der Waals surface area contributed by atoms with Crippen LogP contribution in [0, 0.1) is 0 Å². The number of sulfonamides is 1. The zero-order valence-electron chi connectivity index (χ0n) is 23.1. The molecule has 1 atom stereocenters. The molecule has 2 aromatic rings. The summed E-state index contributed by atoms with van der Waals surface area (Å²) in [6, 6.07) is 11.4. The van der Waals surface area contributed by atoms with E-state index in [0.717, 1.165) is 48.2 Å². The van der Waals surface area contributed by atoms with Crippen molar-refractivity contribution < 1.29 is 18.0 Å². The third kappa shape index (κ3) is 8.35. The first-order valence-corrected chi connectivity index (χ1v) is 16.1. The first-order chi connectivity index (χ1) is 18.4. The number of amides is 2. The van der Waals surface area contributed by atoms with Gasteiger partial charge in [0.15, 0.2) is 0 Å². The summed E-state index contributed by atoms with van der Waals surface area (Å²) in [6.07, 6.45) is 6.54. The fraction of sp³-hybridized carbons (Fsp3) is 0.517. The van der Waals surface area contributed by atoms with Crippen molar-refractivity contribution in [1.82, 2.24) is 10.2 Å². The second-order valence-electron chi connectivity index (χ2n) is 10.5. The average molecular weight is 597 g/mol. The fourth-order valence-corrected chi connectivity index (χ4v) is 6.43. The number of halogens is 2. The lowest BCUT2D eigenvalue weighted by atomic mass is 9.95. The van der Waals surface area contributed by atoms with E-state index in [1.165, 1.54) is 4.90 Å². The average Bonchev–Trinajstić information content (AvgIpc) is 2.88. The van der Waals surface area contributed by atoms with E-state index in [9.17, 15) is 18.0 Å². The largest absolute Gasteiger partial charge is 0.352 e. The number of anilines is 1. The van der Waals surface area contributed by atoms with Crippen LogP contribution in [0.15, 0.2) is 42.5 Å². The number of hydrogen-bond donors (Lipinski definition) is 1. The van der Waals surface area contributed by atoms with Gasteiger partial charge in [-0.15, -0.1) is 0 Å². The molecule has 0 radical (unpaired) electrons. The summed E-state index contributed by atoms with van der Waals surface area (Å²) < 4.78 is 27.1. The lowest BCUT2D eigenvalue weighted by Crippen LogP contribution is -2.54. The van der Waals surface area contributed by atoms with Crippen LogP contribution in [-0.2, 0) is 26.2 Å². The van der Waals surface area contributed by atoms with E-state index in [-0.39, 0.29) is 24.4 Å². The van der Waals surface area contributed by atoms with Gasteiger partial charge in [0.25, 0.3) is 0 Å². The van der Waals surface area contributed by atoms with Crippen molar-refractivity contribution in [2.75, 3.05) is 17.1 Å².